The Morgan fingerprint density at radius 1 is 1.47 bits per heavy atom. The second-order valence-electron chi connectivity index (χ2n) is 2.69. The summed E-state index contributed by atoms with van der Waals surface area (Å²) in [5.74, 6) is -1.21. The largest absolute Gasteiger partial charge is 0.481 e. The third-order valence-electron chi connectivity index (χ3n) is 1.70. The van der Waals surface area contributed by atoms with Crippen LogP contribution < -0.4 is 0 Å². The van der Waals surface area contributed by atoms with Crippen molar-refractivity contribution >= 4 is 34.9 Å². The van der Waals surface area contributed by atoms with Gasteiger partial charge in [0, 0.05) is 6.07 Å². The normalized spacial score (nSPS) is 10.0. The van der Waals surface area contributed by atoms with Crippen LogP contribution in [0.1, 0.15) is 5.56 Å². The molecule has 0 radical (unpaired) electrons. The monoisotopic (exact) mass is 249 g/mol. The number of nitro groups is 1. The van der Waals surface area contributed by atoms with Crippen molar-refractivity contribution in [3.8, 4) is 0 Å². The zero-order chi connectivity index (χ0) is 11.6. The third kappa shape index (κ3) is 2.57. The molecule has 0 aromatic heterocycles. The predicted octanol–water partition coefficient (Wildman–Crippen LogP) is 2.53. The van der Waals surface area contributed by atoms with Crippen molar-refractivity contribution in [3.63, 3.8) is 0 Å². The summed E-state index contributed by atoms with van der Waals surface area (Å²) in [7, 11) is 0. The second-order valence-corrected chi connectivity index (χ2v) is 3.47. The smallest absolute Gasteiger partial charge is 0.308 e. The SMILES string of the molecule is O=C(O)Cc1c([N+](=O)[O-])ccc(Cl)c1Cl. The molecule has 1 aromatic rings. The maximum Gasteiger partial charge on any atom is 0.308 e. The van der Waals surface area contributed by atoms with Crippen molar-refractivity contribution in [1.29, 1.82) is 0 Å². The van der Waals surface area contributed by atoms with Crippen molar-refractivity contribution < 1.29 is 14.8 Å². The minimum Gasteiger partial charge on any atom is -0.481 e. The van der Waals surface area contributed by atoms with Crippen LogP contribution in [0, 0.1) is 10.1 Å². The Morgan fingerprint density at radius 2 is 2.07 bits per heavy atom. The molecular weight excluding hydrogens is 245 g/mol. The van der Waals surface area contributed by atoms with E-state index < -0.39 is 17.3 Å². The maximum atomic E-state index is 10.6. The Hall–Kier alpha value is -1.33. The van der Waals surface area contributed by atoms with Crippen LogP contribution in [-0.4, -0.2) is 16.0 Å². The molecule has 0 unspecified atom stereocenters. The minimum absolute atomic E-state index is 0.0818. The Morgan fingerprint density at radius 3 is 2.53 bits per heavy atom. The fourth-order valence-corrected chi connectivity index (χ4v) is 1.48. The highest BCUT2D eigenvalue weighted by molar-refractivity contribution is 6.42. The van der Waals surface area contributed by atoms with Gasteiger partial charge in [0.25, 0.3) is 5.69 Å². The molecule has 0 amide bonds. The van der Waals surface area contributed by atoms with E-state index in [1.165, 1.54) is 6.07 Å². The maximum absolute atomic E-state index is 10.6. The van der Waals surface area contributed by atoms with Gasteiger partial charge in [-0.1, -0.05) is 23.2 Å². The number of nitrogens with zero attached hydrogens (tertiary/aromatic N) is 1. The fraction of sp³-hybridized carbons (Fsp3) is 0.125. The second kappa shape index (κ2) is 4.46. The van der Waals surface area contributed by atoms with Gasteiger partial charge in [0.15, 0.2) is 0 Å². The van der Waals surface area contributed by atoms with Crippen molar-refractivity contribution in [2.75, 3.05) is 0 Å². The molecule has 15 heavy (non-hydrogen) atoms. The van der Waals surface area contributed by atoms with E-state index in [1.54, 1.807) is 0 Å². The molecule has 7 heteroatoms. The highest BCUT2D eigenvalue weighted by atomic mass is 35.5. The lowest BCUT2D eigenvalue weighted by molar-refractivity contribution is -0.385. The molecule has 0 bridgehead atoms. The average Bonchev–Trinajstić information content (AvgIpc) is 2.12. The summed E-state index contributed by atoms with van der Waals surface area (Å²) < 4.78 is 0. The van der Waals surface area contributed by atoms with Gasteiger partial charge in [-0.15, -0.1) is 0 Å². The van der Waals surface area contributed by atoms with Crippen molar-refractivity contribution in [2.24, 2.45) is 0 Å². The molecule has 0 saturated carbocycles. The summed E-state index contributed by atoms with van der Waals surface area (Å²) in [4.78, 5) is 20.4. The van der Waals surface area contributed by atoms with Gasteiger partial charge in [0.05, 0.1) is 27.0 Å². The molecule has 0 heterocycles. The Balaban J connectivity index is 3.34. The standard InChI is InChI=1S/C8H5Cl2NO4/c9-5-1-2-6(11(14)15)4(8(5)10)3-7(12)13/h1-2H,3H2,(H,12,13). The number of nitro benzene ring substituents is 1. The highest BCUT2D eigenvalue weighted by Crippen LogP contribution is 2.33. The minimum atomic E-state index is -1.21. The Kier molecular flexibility index (Phi) is 3.49. The van der Waals surface area contributed by atoms with Crippen LogP contribution in [-0.2, 0) is 11.2 Å². The molecule has 0 aliphatic rings. The van der Waals surface area contributed by atoms with E-state index in [-0.39, 0.29) is 21.3 Å². The zero-order valence-corrected chi connectivity index (χ0v) is 8.75. The lowest BCUT2D eigenvalue weighted by Crippen LogP contribution is -2.04. The number of halogens is 2. The van der Waals surface area contributed by atoms with Crippen LogP contribution in [0.3, 0.4) is 0 Å². The summed E-state index contributed by atoms with van der Waals surface area (Å²) >= 11 is 11.3. The van der Waals surface area contributed by atoms with Crippen LogP contribution in [0.15, 0.2) is 12.1 Å². The van der Waals surface area contributed by atoms with Gasteiger partial charge in [-0.2, -0.15) is 0 Å². The first-order valence-electron chi connectivity index (χ1n) is 3.76. The molecule has 0 aliphatic heterocycles. The van der Waals surface area contributed by atoms with E-state index in [2.05, 4.69) is 0 Å². The number of benzene rings is 1. The summed E-state index contributed by atoms with van der Waals surface area (Å²) in [5, 5.41) is 19.1. The topological polar surface area (TPSA) is 80.4 Å². The van der Waals surface area contributed by atoms with E-state index in [0.717, 1.165) is 6.07 Å². The predicted molar refractivity (Wildman–Crippen MR) is 54.5 cm³/mol. The van der Waals surface area contributed by atoms with Crippen LogP contribution in [0.5, 0.6) is 0 Å². The fourth-order valence-electron chi connectivity index (χ4n) is 1.07. The lowest BCUT2D eigenvalue weighted by atomic mass is 10.1. The number of carboxylic acid groups (broad SMARTS) is 1. The van der Waals surface area contributed by atoms with Crippen LogP contribution in [0.25, 0.3) is 0 Å². The van der Waals surface area contributed by atoms with Crippen LogP contribution in [0.2, 0.25) is 10.0 Å². The van der Waals surface area contributed by atoms with E-state index in [1.807, 2.05) is 0 Å². The summed E-state index contributed by atoms with van der Waals surface area (Å²) in [6, 6.07) is 2.39. The van der Waals surface area contributed by atoms with Crippen molar-refractivity contribution in [3.05, 3.63) is 37.9 Å². The van der Waals surface area contributed by atoms with Crippen LogP contribution >= 0.6 is 23.2 Å². The molecule has 0 spiro atoms. The van der Waals surface area contributed by atoms with E-state index in [0.29, 0.717) is 0 Å². The summed E-state index contributed by atoms with van der Waals surface area (Å²) in [6.45, 7) is 0. The molecule has 5 nitrogen and oxygen atoms in total. The van der Waals surface area contributed by atoms with Gasteiger partial charge < -0.3 is 5.11 Å². The quantitative estimate of drug-likeness (QED) is 0.660. The Labute approximate surface area is 94.4 Å². The van der Waals surface area contributed by atoms with Gasteiger partial charge in [-0.25, -0.2) is 0 Å². The number of aliphatic carboxylic acids is 1. The van der Waals surface area contributed by atoms with Gasteiger partial charge in [0.1, 0.15) is 0 Å². The van der Waals surface area contributed by atoms with Gasteiger partial charge in [0.2, 0.25) is 0 Å². The first-order valence-corrected chi connectivity index (χ1v) is 4.52. The third-order valence-corrected chi connectivity index (χ3v) is 2.54. The van der Waals surface area contributed by atoms with E-state index >= 15 is 0 Å². The molecular formula is C8H5Cl2NO4. The number of carbonyl (C=O) groups is 1. The molecule has 0 fully saturated rings. The molecule has 1 rings (SSSR count). The van der Waals surface area contributed by atoms with Gasteiger partial charge in [-0.3, -0.25) is 14.9 Å². The van der Waals surface area contributed by atoms with Gasteiger partial charge in [-0.05, 0) is 6.07 Å². The molecule has 80 valence electrons. The molecule has 0 aliphatic carbocycles. The Bertz CT molecular complexity index is 433. The van der Waals surface area contributed by atoms with Gasteiger partial charge >= 0.3 is 5.97 Å². The average molecular weight is 250 g/mol. The first-order chi connectivity index (χ1) is 6.93. The molecule has 1 N–H and O–H groups in total. The number of rotatable bonds is 3. The number of hydrogen-bond donors (Lipinski definition) is 1. The van der Waals surface area contributed by atoms with E-state index in [4.69, 9.17) is 28.3 Å². The zero-order valence-electron chi connectivity index (χ0n) is 7.24. The first kappa shape index (κ1) is 11.7. The lowest BCUT2D eigenvalue weighted by Gasteiger charge is -2.04. The molecule has 0 atom stereocenters. The molecule has 1 aromatic carbocycles. The number of hydrogen-bond acceptors (Lipinski definition) is 3. The summed E-state index contributed by atoms with van der Waals surface area (Å²) in [5.41, 5.74) is -0.423. The molecule has 0 saturated heterocycles. The van der Waals surface area contributed by atoms with Crippen molar-refractivity contribution in [1.82, 2.24) is 0 Å². The summed E-state index contributed by atoms with van der Waals surface area (Å²) in [6.07, 6.45) is -0.532. The number of carboxylic acids is 1. The highest BCUT2D eigenvalue weighted by Gasteiger charge is 2.21. The van der Waals surface area contributed by atoms with E-state index in [9.17, 15) is 14.9 Å². The van der Waals surface area contributed by atoms with Crippen LogP contribution in [0.4, 0.5) is 5.69 Å². The van der Waals surface area contributed by atoms with Crippen molar-refractivity contribution in [2.45, 2.75) is 6.42 Å².